The second kappa shape index (κ2) is 5.74. The summed E-state index contributed by atoms with van der Waals surface area (Å²) in [5.41, 5.74) is 0.0684. The summed E-state index contributed by atoms with van der Waals surface area (Å²) in [5, 5.41) is 11.1. The van der Waals surface area contributed by atoms with Crippen molar-refractivity contribution in [3.05, 3.63) is 33.2 Å². The molecule has 8 nitrogen and oxygen atoms in total. The predicted molar refractivity (Wildman–Crippen MR) is 82.0 cm³/mol. The number of carboxylic acids is 1. The molecule has 1 amide bonds. The van der Waals surface area contributed by atoms with Gasteiger partial charge in [0.05, 0.1) is 6.10 Å². The van der Waals surface area contributed by atoms with E-state index < -0.39 is 23.5 Å². The lowest BCUT2D eigenvalue weighted by atomic mass is 10.2. The molecule has 0 bridgehead atoms. The summed E-state index contributed by atoms with van der Waals surface area (Å²) in [5.74, 6) is -1.74. The first-order chi connectivity index (χ1) is 10.9. The molecule has 3 heterocycles. The van der Waals surface area contributed by atoms with Gasteiger partial charge in [-0.15, -0.1) is 11.3 Å². The van der Waals surface area contributed by atoms with Crippen LogP contribution in [0.1, 0.15) is 22.5 Å². The molecule has 1 saturated heterocycles. The predicted octanol–water partition coefficient (Wildman–Crippen LogP) is 0.379. The molecule has 1 aliphatic rings. The molecule has 0 aromatic carbocycles. The topological polar surface area (TPSA) is 101 Å². The smallest absolute Gasteiger partial charge is 0.326 e. The minimum Gasteiger partial charge on any atom is -0.480 e. The third kappa shape index (κ3) is 2.51. The monoisotopic (exact) mass is 337 g/mol. The molecule has 1 fully saturated rings. The lowest BCUT2D eigenvalue weighted by Crippen LogP contribution is -2.43. The van der Waals surface area contributed by atoms with E-state index >= 15 is 0 Å². The molecule has 0 spiro atoms. The SMILES string of the molecule is COC1CC(C(=O)O)N(C(=O)c2cnc3scc(C)n3c2=O)C1. The molecule has 122 valence electrons. The fourth-order valence-electron chi connectivity index (χ4n) is 2.75. The molecular weight excluding hydrogens is 322 g/mol. The van der Waals surface area contributed by atoms with E-state index in [0.717, 1.165) is 0 Å². The van der Waals surface area contributed by atoms with Crippen LogP contribution in [-0.2, 0) is 9.53 Å². The van der Waals surface area contributed by atoms with Crippen LogP contribution in [-0.4, -0.2) is 57.1 Å². The summed E-state index contributed by atoms with van der Waals surface area (Å²) in [6, 6.07) is -1.00. The normalized spacial score (nSPS) is 21.0. The molecule has 23 heavy (non-hydrogen) atoms. The Labute approximate surface area is 134 Å². The Kier molecular flexibility index (Phi) is 3.90. The number of rotatable bonds is 3. The van der Waals surface area contributed by atoms with E-state index in [1.54, 1.807) is 12.3 Å². The van der Waals surface area contributed by atoms with Gasteiger partial charge in [-0.3, -0.25) is 14.0 Å². The second-order valence-corrected chi connectivity index (χ2v) is 6.21. The van der Waals surface area contributed by atoms with E-state index in [0.29, 0.717) is 10.7 Å². The van der Waals surface area contributed by atoms with Crippen molar-refractivity contribution >= 4 is 28.2 Å². The highest BCUT2D eigenvalue weighted by Gasteiger charge is 2.41. The molecule has 3 rings (SSSR count). The number of methoxy groups -OCH3 is 1. The number of aryl methyl sites for hydroxylation is 1. The van der Waals surface area contributed by atoms with Crippen molar-refractivity contribution in [1.82, 2.24) is 14.3 Å². The van der Waals surface area contributed by atoms with E-state index in [1.165, 1.54) is 33.9 Å². The number of aliphatic carboxylic acids is 1. The van der Waals surface area contributed by atoms with Crippen molar-refractivity contribution in [1.29, 1.82) is 0 Å². The van der Waals surface area contributed by atoms with Crippen LogP contribution in [0, 0.1) is 6.92 Å². The Balaban J connectivity index is 2.03. The minimum absolute atomic E-state index is 0.132. The molecule has 2 aromatic heterocycles. The number of fused-ring (bicyclic) bond motifs is 1. The van der Waals surface area contributed by atoms with E-state index in [-0.39, 0.29) is 24.6 Å². The fraction of sp³-hybridized carbons (Fsp3) is 0.429. The summed E-state index contributed by atoms with van der Waals surface area (Å²) >= 11 is 1.30. The van der Waals surface area contributed by atoms with Crippen LogP contribution in [0.25, 0.3) is 4.96 Å². The average Bonchev–Trinajstić information content (AvgIpc) is 3.11. The number of nitrogens with zero attached hydrogens (tertiary/aromatic N) is 3. The number of ether oxygens (including phenoxy) is 1. The molecular formula is C14H15N3O5S. The van der Waals surface area contributed by atoms with Gasteiger partial charge in [-0.2, -0.15) is 0 Å². The van der Waals surface area contributed by atoms with Crippen molar-refractivity contribution in [2.75, 3.05) is 13.7 Å². The highest BCUT2D eigenvalue weighted by molar-refractivity contribution is 7.15. The van der Waals surface area contributed by atoms with Gasteiger partial charge in [-0.25, -0.2) is 9.78 Å². The van der Waals surface area contributed by atoms with Crippen LogP contribution in [0.4, 0.5) is 0 Å². The number of hydrogen-bond acceptors (Lipinski definition) is 6. The first-order valence-electron chi connectivity index (χ1n) is 6.96. The number of carboxylic acid groups (broad SMARTS) is 1. The maximum Gasteiger partial charge on any atom is 0.326 e. The highest BCUT2D eigenvalue weighted by atomic mass is 32.1. The van der Waals surface area contributed by atoms with Gasteiger partial charge in [-0.05, 0) is 6.92 Å². The van der Waals surface area contributed by atoms with E-state index in [1.807, 2.05) is 0 Å². The summed E-state index contributed by atoms with van der Waals surface area (Å²) in [4.78, 5) is 42.4. The van der Waals surface area contributed by atoms with Gasteiger partial charge in [0.1, 0.15) is 11.6 Å². The molecule has 0 radical (unpaired) electrons. The maximum absolute atomic E-state index is 12.7. The maximum atomic E-state index is 12.7. The molecule has 9 heteroatoms. The molecule has 2 atom stereocenters. The third-order valence-electron chi connectivity index (χ3n) is 3.99. The minimum atomic E-state index is -1.11. The third-order valence-corrected chi connectivity index (χ3v) is 4.95. The fourth-order valence-corrected chi connectivity index (χ4v) is 3.58. The number of hydrogen-bond donors (Lipinski definition) is 1. The summed E-state index contributed by atoms with van der Waals surface area (Å²) in [7, 11) is 1.47. The van der Waals surface area contributed by atoms with Gasteiger partial charge in [0.25, 0.3) is 11.5 Å². The standard InChI is InChI=1S/C14H15N3O5S/c1-7-6-23-14-15-4-9(12(19)17(7)14)11(18)16-5-8(22-2)3-10(16)13(20)21/h4,6,8,10H,3,5H2,1-2H3,(H,20,21). The number of aromatic nitrogens is 2. The number of carbonyl (C=O) groups excluding carboxylic acids is 1. The zero-order chi connectivity index (χ0) is 16.7. The van der Waals surface area contributed by atoms with E-state index in [9.17, 15) is 19.5 Å². The Morgan fingerprint density at radius 3 is 2.87 bits per heavy atom. The zero-order valence-corrected chi connectivity index (χ0v) is 13.4. The lowest BCUT2D eigenvalue weighted by Gasteiger charge is -2.20. The van der Waals surface area contributed by atoms with Crippen molar-refractivity contribution in [2.45, 2.75) is 25.5 Å². The van der Waals surface area contributed by atoms with Crippen LogP contribution in [0.15, 0.2) is 16.4 Å². The van der Waals surface area contributed by atoms with Gasteiger partial charge in [0.15, 0.2) is 4.96 Å². The molecule has 2 aromatic rings. The first-order valence-corrected chi connectivity index (χ1v) is 7.84. The number of thiazole rings is 1. The van der Waals surface area contributed by atoms with Crippen LogP contribution >= 0.6 is 11.3 Å². The molecule has 1 N–H and O–H groups in total. The summed E-state index contributed by atoms with van der Waals surface area (Å²) < 4.78 is 6.52. The summed E-state index contributed by atoms with van der Waals surface area (Å²) in [6.07, 6.45) is 1.06. The number of amides is 1. The van der Waals surface area contributed by atoms with Crippen LogP contribution in [0.3, 0.4) is 0 Å². The van der Waals surface area contributed by atoms with E-state index in [2.05, 4.69) is 4.98 Å². The highest BCUT2D eigenvalue weighted by Crippen LogP contribution is 2.22. The van der Waals surface area contributed by atoms with Crippen LogP contribution in [0.2, 0.25) is 0 Å². The van der Waals surface area contributed by atoms with Crippen LogP contribution in [0.5, 0.6) is 0 Å². The lowest BCUT2D eigenvalue weighted by molar-refractivity contribution is -0.141. The van der Waals surface area contributed by atoms with Crippen LogP contribution < -0.4 is 5.56 Å². The Bertz CT molecular complexity index is 843. The quantitative estimate of drug-likeness (QED) is 0.869. The van der Waals surface area contributed by atoms with Crippen molar-refractivity contribution in [3.63, 3.8) is 0 Å². The van der Waals surface area contributed by atoms with Crippen molar-refractivity contribution in [3.8, 4) is 0 Å². The van der Waals surface area contributed by atoms with Crippen molar-refractivity contribution < 1.29 is 19.4 Å². The van der Waals surface area contributed by atoms with Gasteiger partial charge < -0.3 is 14.7 Å². The largest absolute Gasteiger partial charge is 0.480 e. The van der Waals surface area contributed by atoms with Crippen molar-refractivity contribution in [2.24, 2.45) is 0 Å². The van der Waals surface area contributed by atoms with Gasteiger partial charge in [0, 0.05) is 37.3 Å². The molecule has 1 aliphatic heterocycles. The Morgan fingerprint density at radius 1 is 1.48 bits per heavy atom. The van der Waals surface area contributed by atoms with Gasteiger partial charge >= 0.3 is 5.97 Å². The average molecular weight is 337 g/mol. The number of carbonyl (C=O) groups is 2. The summed E-state index contributed by atoms with van der Waals surface area (Å²) in [6.45, 7) is 1.88. The first kappa shape index (κ1) is 15.6. The second-order valence-electron chi connectivity index (χ2n) is 5.38. The number of likely N-dealkylation sites (tertiary alicyclic amines) is 1. The Hall–Kier alpha value is -2.26. The van der Waals surface area contributed by atoms with E-state index in [4.69, 9.17) is 4.74 Å². The molecule has 0 aliphatic carbocycles. The Morgan fingerprint density at radius 2 is 2.22 bits per heavy atom. The molecule has 0 saturated carbocycles. The zero-order valence-electron chi connectivity index (χ0n) is 12.6. The van der Waals surface area contributed by atoms with Gasteiger partial charge in [0.2, 0.25) is 0 Å². The van der Waals surface area contributed by atoms with Gasteiger partial charge in [-0.1, -0.05) is 0 Å². The molecule has 2 unspecified atom stereocenters.